The quantitative estimate of drug-likeness (QED) is 0.762. The van der Waals surface area contributed by atoms with Crippen LogP contribution in [0, 0.1) is 0 Å². The van der Waals surface area contributed by atoms with E-state index in [-0.39, 0.29) is 11.7 Å². The molecule has 2 aromatic rings. The zero-order valence-electron chi connectivity index (χ0n) is 8.81. The van der Waals surface area contributed by atoms with Crippen molar-refractivity contribution in [2.24, 2.45) is 0 Å². The number of halogens is 1. The zero-order chi connectivity index (χ0) is 11.5. The molecule has 0 spiro atoms. The van der Waals surface area contributed by atoms with Gasteiger partial charge >= 0.3 is 0 Å². The van der Waals surface area contributed by atoms with Gasteiger partial charge in [-0.05, 0) is 21.5 Å². The van der Waals surface area contributed by atoms with Crippen LogP contribution in [0.25, 0.3) is 0 Å². The smallest absolute Gasteiger partial charge is 0.172 e. The molecule has 0 N–H and O–H groups in total. The van der Waals surface area contributed by atoms with E-state index in [1.165, 1.54) is 11.3 Å². The maximum absolute atomic E-state index is 12.2. The van der Waals surface area contributed by atoms with Crippen LogP contribution in [0.1, 0.15) is 28.8 Å². The summed E-state index contributed by atoms with van der Waals surface area (Å²) in [6.45, 7) is 1.95. The molecule has 1 aromatic carbocycles. The van der Waals surface area contributed by atoms with Crippen molar-refractivity contribution >= 4 is 33.0 Å². The van der Waals surface area contributed by atoms with Gasteiger partial charge in [0.25, 0.3) is 0 Å². The van der Waals surface area contributed by atoms with Crippen molar-refractivity contribution in [1.82, 2.24) is 0 Å². The first-order valence-electron chi connectivity index (χ1n) is 5.01. The first-order chi connectivity index (χ1) is 7.70. The van der Waals surface area contributed by atoms with Crippen LogP contribution in [-0.2, 0) is 0 Å². The van der Waals surface area contributed by atoms with Gasteiger partial charge in [0.05, 0.1) is 0 Å². The number of ketones is 1. The van der Waals surface area contributed by atoms with E-state index in [1.807, 2.05) is 48.0 Å². The summed E-state index contributed by atoms with van der Waals surface area (Å²) in [6, 6.07) is 9.86. The molecule has 2 rings (SSSR count). The highest BCUT2D eigenvalue weighted by Gasteiger charge is 2.19. The number of carbonyl (C=O) groups excluding carboxylic acids is 1. The summed E-state index contributed by atoms with van der Waals surface area (Å²) >= 11 is 4.94. The predicted octanol–water partition coefficient (Wildman–Crippen LogP) is 4.50. The molecule has 1 atom stereocenters. The molecule has 82 valence electrons. The topological polar surface area (TPSA) is 17.1 Å². The summed E-state index contributed by atoms with van der Waals surface area (Å²) < 4.78 is 0.894. The van der Waals surface area contributed by atoms with E-state index in [2.05, 4.69) is 15.9 Å². The van der Waals surface area contributed by atoms with Crippen LogP contribution in [0.3, 0.4) is 0 Å². The molecule has 0 aliphatic heterocycles. The molecule has 1 aromatic heterocycles. The van der Waals surface area contributed by atoms with E-state index in [0.29, 0.717) is 0 Å². The third kappa shape index (κ3) is 2.25. The van der Waals surface area contributed by atoms with Gasteiger partial charge in [0.15, 0.2) is 5.78 Å². The Kier molecular flexibility index (Phi) is 3.56. The van der Waals surface area contributed by atoms with E-state index in [1.54, 1.807) is 0 Å². The van der Waals surface area contributed by atoms with Crippen molar-refractivity contribution in [1.29, 1.82) is 0 Å². The number of carbonyl (C=O) groups is 1. The highest BCUT2D eigenvalue weighted by molar-refractivity contribution is 9.10. The number of rotatable bonds is 3. The number of thiophene rings is 1. The molecule has 3 heteroatoms. The molecule has 0 fully saturated rings. The van der Waals surface area contributed by atoms with Crippen LogP contribution in [0.5, 0.6) is 0 Å². The van der Waals surface area contributed by atoms with Gasteiger partial charge in [0, 0.05) is 26.7 Å². The van der Waals surface area contributed by atoms with Gasteiger partial charge in [0.1, 0.15) is 0 Å². The first-order valence-corrected chi connectivity index (χ1v) is 6.74. The van der Waals surface area contributed by atoms with Crippen LogP contribution >= 0.6 is 27.3 Å². The highest BCUT2D eigenvalue weighted by Crippen LogP contribution is 2.27. The summed E-state index contributed by atoms with van der Waals surface area (Å²) in [6.07, 6.45) is 0. The van der Waals surface area contributed by atoms with Crippen LogP contribution in [0.2, 0.25) is 0 Å². The molecule has 0 radical (unpaired) electrons. The summed E-state index contributed by atoms with van der Waals surface area (Å²) in [4.78, 5) is 12.2. The van der Waals surface area contributed by atoms with Gasteiger partial charge in [-0.25, -0.2) is 0 Å². The predicted molar refractivity (Wildman–Crippen MR) is 71.2 cm³/mol. The molecular weight excluding hydrogens is 284 g/mol. The van der Waals surface area contributed by atoms with Crippen molar-refractivity contribution in [2.75, 3.05) is 0 Å². The lowest BCUT2D eigenvalue weighted by atomic mass is 9.94. The number of Topliss-reactive ketones (excluding diaryl/α,β-unsaturated/α-hetero) is 1. The molecule has 0 bridgehead atoms. The Balaban J connectivity index is 2.27. The molecule has 16 heavy (non-hydrogen) atoms. The third-order valence-corrected chi connectivity index (χ3v) is 4.28. The van der Waals surface area contributed by atoms with Gasteiger partial charge in [0.2, 0.25) is 0 Å². The summed E-state index contributed by atoms with van der Waals surface area (Å²) in [7, 11) is 0. The molecule has 1 nitrogen and oxygen atoms in total. The molecule has 0 aliphatic rings. The average molecular weight is 295 g/mol. The maximum atomic E-state index is 12.2. The molecule has 0 saturated carbocycles. The van der Waals surface area contributed by atoms with Gasteiger partial charge in [-0.2, -0.15) is 11.3 Å². The fourth-order valence-corrected chi connectivity index (χ4v) is 3.06. The van der Waals surface area contributed by atoms with Crippen molar-refractivity contribution in [3.05, 3.63) is 56.7 Å². The van der Waals surface area contributed by atoms with Crippen molar-refractivity contribution in [3.63, 3.8) is 0 Å². The zero-order valence-corrected chi connectivity index (χ0v) is 11.2. The molecule has 1 unspecified atom stereocenters. The average Bonchev–Trinajstić information content (AvgIpc) is 2.75. The Hall–Kier alpha value is -0.930. The van der Waals surface area contributed by atoms with Crippen LogP contribution < -0.4 is 0 Å². The molecule has 0 amide bonds. The number of hydrogen-bond acceptors (Lipinski definition) is 2. The summed E-state index contributed by atoms with van der Waals surface area (Å²) in [5.41, 5.74) is 1.84. The fourth-order valence-electron chi connectivity index (χ4n) is 1.58. The van der Waals surface area contributed by atoms with E-state index < -0.39 is 0 Å². The molecule has 0 aliphatic carbocycles. The van der Waals surface area contributed by atoms with Gasteiger partial charge < -0.3 is 0 Å². The standard InChI is InChI=1S/C13H11BrOS/c1-9(10-5-3-2-4-6-10)13(15)11-7-16-8-12(11)14/h2-9H,1H3. The van der Waals surface area contributed by atoms with E-state index in [4.69, 9.17) is 0 Å². The van der Waals surface area contributed by atoms with Gasteiger partial charge in [-0.1, -0.05) is 37.3 Å². The molecular formula is C13H11BrOS. The van der Waals surface area contributed by atoms with E-state index >= 15 is 0 Å². The second kappa shape index (κ2) is 4.93. The Labute approximate surface area is 107 Å². The fraction of sp³-hybridized carbons (Fsp3) is 0.154. The second-order valence-corrected chi connectivity index (χ2v) is 5.23. The minimum atomic E-state index is -0.0906. The summed E-state index contributed by atoms with van der Waals surface area (Å²) in [5, 5.41) is 3.83. The minimum absolute atomic E-state index is 0.0906. The molecule has 1 heterocycles. The van der Waals surface area contributed by atoms with Gasteiger partial charge in [-0.15, -0.1) is 0 Å². The lowest BCUT2D eigenvalue weighted by Gasteiger charge is -2.09. The number of hydrogen-bond donors (Lipinski definition) is 0. The lowest BCUT2D eigenvalue weighted by Crippen LogP contribution is -2.08. The lowest BCUT2D eigenvalue weighted by molar-refractivity contribution is 0.0966. The van der Waals surface area contributed by atoms with Crippen LogP contribution in [0.4, 0.5) is 0 Å². The first kappa shape index (κ1) is 11.6. The van der Waals surface area contributed by atoms with Crippen molar-refractivity contribution in [3.8, 4) is 0 Å². The largest absolute Gasteiger partial charge is 0.293 e. The minimum Gasteiger partial charge on any atom is -0.293 e. The molecule has 0 saturated heterocycles. The Morgan fingerprint density at radius 1 is 1.25 bits per heavy atom. The summed E-state index contributed by atoms with van der Waals surface area (Å²) in [5.74, 6) is 0.0754. The third-order valence-electron chi connectivity index (χ3n) is 2.57. The highest BCUT2D eigenvalue weighted by atomic mass is 79.9. The van der Waals surface area contributed by atoms with E-state index in [9.17, 15) is 4.79 Å². The number of benzene rings is 1. The van der Waals surface area contributed by atoms with Crippen molar-refractivity contribution < 1.29 is 4.79 Å². The normalized spacial score (nSPS) is 12.4. The van der Waals surface area contributed by atoms with E-state index in [0.717, 1.165) is 15.6 Å². The Morgan fingerprint density at radius 2 is 1.94 bits per heavy atom. The van der Waals surface area contributed by atoms with Crippen LogP contribution in [-0.4, -0.2) is 5.78 Å². The van der Waals surface area contributed by atoms with Crippen molar-refractivity contribution in [2.45, 2.75) is 12.8 Å². The Morgan fingerprint density at radius 3 is 2.50 bits per heavy atom. The van der Waals surface area contributed by atoms with Gasteiger partial charge in [-0.3, -0.25) is 4.79 Å². The Bertz CT molecular complexity index is 490. The monoisotopic (exact) mass is 294 g/mol. The maximum Gasteiger partial charge on any atom is 0.172 e. The SMILES string of the molecule is CC(C(=O)c1cscc1Br)c1ccccc1. The second-order valence-electron chi connectivity index (χ2n) is 3.63. The van der Waals surface area contributed by atoms with Crippen LogP contribution in [0.15, 0.2) is 45.6 Å².